The second-order valence-corrected chi connectivity index (χ2v) is 4.29. The number of benzene rings is 1. The summed E-state index contributed by atoms with van der Waals surface area (Å²) in [6, 6.07) is 6.07. The van der Waals surface area contributed by atoms with Gasteiger partial charge in [-0.1, -0.05) is 19.1 Å². The van der Waals surface area contributed by atoms with E-state index in [1.807, 2.05) is 12.1 Å². The highest BCUT2D eigenvalue weighted by Gasteiger charge is 2.13. The van der Waals surface area contributed by atoms with Crippen LogP contribution in [0, 0.1) is 6.92 Å². The minimum absolute atomic E-state index is 0.831. The van der Waals surface area contributed by atoms with Crippen LogP contribution in [0.2, 0.25) is 0 Å². The molecule has 1 aromatic heterocycles. The van der Waals surface area contributed by atoms with Crippen LogP contribution >= 0.6 is 0 Å². The van der Waals surface area contributed by atoms with Gasteiger partial charge >= 0.3 is 0 Å². The molecule has 1 N–H and O–H groups in total. The Balaban J connectivity index is 2.81. The van der Waals surface area contributed by atoms with E-state index in [9.17, 15) is 0 Å². The van der Waals surface area contributed by atoms with Gasteiger partial charge in [0.1, 0.15) is 11.3 Å². The average molecular weight is 244 g/mol. The van der Waals surface area contributed by atoms with Crippen LogP contribution in [0.15, 0.2) is 18.2 Å². The van der Waals surface area contributed by atoms with Crippen molar-refractivity contribution >= 4 is 16.6 Å². The number of nitrogens with zero attached hydrogens (tertiary/aromatic N) is 1. The summed E-state index contributed by atoms with van der Waals surface area (Å²) in [5.41, 5.74) is 4.50. The maximum atomic E-state index is 5.40. The predicted octanol–water partition coefficient (Wildman–Crippen LogP) is 3.55. The molecule has 0 unspecified atom stereocenters. The molecule has 2 rings (SSSR count). The van der Waals surface area contributed by atoms with Crippen molar-refractivity contribution in [2.24, 2.45) is 0 Å². The van der Waals surface area contributed by atoms with E-state index in [1.165, 1.54) is 11.3 Å². The third-order valence-corrected chi connectivity index (χ3v) is 3.21. The van der Waals surface area contributed by atoms with E-state index in [2.05, 4.69) is 32.2 Å². The number of pyridine rings is 1. The van der Waals surface area contributed by atoms with Crippen molar-refractivity contribution in [3.05, 3.63) is 29.5 Å². The van der Waals surface area contributed by atoms with Gasteiger partial charge in [0.05, 0.1) is 7.11 Å². The van der Waals surface area contributed by atoms with Crippen molar-refractivity contribution in [2.45, 2.75) is 27.2 Å². The van der Waals surface area contributed by atoms with E-state index >= 15 is 0 Å². The Hall–Kier alpha value is -1.77. The summed E-state index contributed by atoms with van der Waals surface area (Å²) in [6.45, 7) is 7.24. The summed E-state index contributed by atoms with van der Waals surface area (Å²) < 4.78 is 5.40. The van der Waals surface area contributed by atoms with Gasteiger partial charge in [-0.3, -0.25) is 0 Å². The van der Waals surface area contributed by atoms with Gasteiger partial charge in [0.25, 0.3) is 0 Å². The second-order valence-electron chi connectivity index (χ2n) is 4.29. The highest BCUT2D eigenvalue weighted by molar-refractivity contribution is 5.96. The molecule has 0 saturated heterocycles. The van der Waals surface area contributed by atoms with Crippen molar-refractivity contribution in [1.29, 1.82) is 0 Å². The first-order valence-electron chi connectivity index (χ1n) is 6.42. The molecule has 18 heavy (non-hydrogen) atoms. The van der Waals surface area contributed by atoms with Crippen molar-refractivity contribution in [3.63, 3.8) is 0 Å². The molecule has 0 aliphatic carbocycles. The largest absolute Gasteiger partial charge is 0.494 e. The first kappa shape index (κ1) is 12.7. The maximum absolute atomic E-state index is 5.40. The van der Waals surface area contributed by atoms with Gasteiger partial charge in [-0.15, -0.1) is 0 Å². The van der Waals surface area contributed by atoms with Crippen molar-refractivity contribution in [2.75, 3.05) is 19.0 Å². The molecule has 0 fully saturated rings. The van der Waals surface area contributed by atoms with Gasteiger partial charge in [-0.25, -0.2) is 4.98 Å². The molecular weight excluding hydrogens is 224 g/mol. The van der Waals surface area contributed by atoms with Crippen molar-refractivity contribution in [1.82, 2.24) is 4.98 Å². The normalized spacial score (nSPS) is 10.7. The first-order valence-corrected chi connectivity index (χ1v) is 6.42. The summed E-state index contributed by atoms with van der Waals surface area (Å²) in [5, 5.41) is 4.60. The number of fused-ring (bicyclic) bond motifs is 1. The Kier molecular flexibility index (Phi) is 3.70. The second kappa shape index (κ2) is 5.25. The number of para-hydroxylation sites is 1. The van der Waals surface area contributed by atoms with Crippen LogP contribution in [0.4, 0.5) is 5.69 Å². The summed E-state index contributed by atoms with van der Waals surface area (Å²) >= 11 is 0. The van der Waals surface area contributed by atoms with E-state index in [1.54, 1.807) is 7.11 Å². The van der Waals surface area contributed by atoms with Crippen LogP contribution in [-0.4, -0.2) is 18.6 Å². The molecule has 3 heteroatoms. The zero-order valence-electron chi connectivity index (χ0n) is 11.5. The third kappa shape index (κ3) is 2.01. The Morgan fingerprint density at radius 2 is 2.06 bits per heavy atom. The van der Waals surface area contributed by atoms with E-state index in [4.69, 9.17) is 9.72 Å². The lowest BCUT2D eigenvalue weighted by atomic mass is 10.0. The number of hydrogen-bond acceptors (Lipinski definition) is 3. The molecule has 0 atom stereocenters. The SMILES string of the molecule is CCNc1c(CC)c(C)nc2c(OC)cccc12. The van der Waals surface area contributed by atoms with Gasteiger partial charge in [0.15, 0.2) is 0 Å². The lowest BCUT2D eigenvalue weighted by molar-refractivity contribution is 0.419. The van der Waals surface area contributed by atoms with Crippen LogP contribution in [0.1, 0.15) is 25.1 Å². The Morgan fingerprint density at radius 3 is 2.67 bits per heavy atom. The number of anilines is 1. The number of hydrogen-bond donors (Lipinski definition) is 1. The Bertz CT molecular complexity index is 564. The zero-order valence-corrected chi connectivity index (χ0v) is 11.5. The molecule has 3 nitrogen and oxygen atoms in total. The zero-order chi connectivity index (χ0) is 13.1. The Labute approximate surface area is 108 Å². The highest BCUT2D eigenvalue weighted by atomic mass is 16.5. The molecular formula is C15H20N2O. The molecule has 0 aliphatic heterocycles. The monoisotopic (exact) mass is 244 g/mol. The van der Waals surface area contributed by atoms with E-state index in [-0.39, 0.29) is 0 Å². The van der Waals surface area contributed by atoms with Gasteiger partial charge in [-0.2, -0.15) is 0 Å². The topological polar surface area (TPSA) is 34.2 Å². The number of rotatable bonds is 4. The summed E-state index contributed by atoms with van der Waals surface area (Å²) in [7, 11) is 1.69. The van der Waals surface area contributed by atoms with Gasteiger partial charge in [0.2, 0.25) is 0 Å². The molecule has 2 aromatic rings. The molecule has 1 aromatic carbocycles. The molecule has 96 valence electrons. The van der Waals surface area contributed by atoms with Crippen LogP contribution in [-0.2, 0) is 6.42 Å². The molecule has 0 radical (unpaired) electrons. The van der Waals surface area contributed by atoms with E-state index in [0.717, 1.165) is 35.3 Å². The standard InChI is InChI=1S/C15H20N2O/c1-5-11-10(3)17-15-12(14(11)16-6-2)8-7-9-13(15)18-4/h7-9H,5-6H2,1-4H3,(H,16,17). The quantitative estimate of drug-likeness (QED) is 0.893. The summed E-state index contributed by atoms with van der Waals surface area (Å²) in [4.78, 5) is 4.70. The lowest BCUT2D eigenvalue weighted by Crippen LogP contribution is -2.05. The van der Waals surface area contributed by atoms with E-state index in [0.29, 0.717) is 0 Å². The lowest BCUT2D eigenvalue weighted by Gasteiger charge is -2.16. The minimum Gasteiger partial charge on any atom is -0.494 e. The number of aromatic nitrogens is 1. The molecule has 0 saturated carbocycles. The van der Waals surface area contributed by atoms with Crippen LogP contribution < -0.4 is 10.1 Å². The predicted molar refractivity (Wildman–Crippen MR) is 76.6 cm³/mol. The first-order chi connectivity index (χ1) is 8.72. The summed E-state index contributed by atoms with van der Waals surface area (Å²) in [5.74, 6) is 0.831. The minimum atomic E-state index is 0.831. The number of nitrogens with one attached hydrogen (secondary N) is 1. The highest BCUT2D eigenvalue weighted by Crippen LogP contribution is 2.33. The van der Waals surface area contributed by atoms with Crippen LogP contribution in [0.5, 0.6) is 5.75 Å². The van der Waals surface area contributed by atoms with Crippen molar-refractivity contribution < 1.29 is 4.74 Å². The Morgan fingerprint density at radius 1 is 1.28 bits per heavy atom. The fourth-order valence-corrected chi connectivity index (χ4v) is 2.39. The molecule has 1 heterocycles. The van der Waals surface area contributed by atoms with Gasteiger partial charge in [-0.05, 0) is 31.9 Å². The molecule has 0 amide bonds. The smallest absolute Gasteiger partial charge is 0.145 e. The summed E-state index contributed by atoms with van der Waals surface area (Å²) in [6.07, 6.45) is 0.980. The fraction of sp³-hybridized carbons (Fsp3) is 0.400. The van der Waals surface area contributed by atoms with Crippen LogP contribution in [0.3, 0.4) is 0 Å². The van der Waals surface area contributed by atoms with Crippen molar-refractivity contribution in [3.8, 4) is 5.75 Å². The van der Waals surface area contributed by atoms with Gasteiger partial charge in [0, 0.05) is 23.3 Å². The van der Waals surface area contributed by atoms with E-state index < -0.39 is 0 Å². The maximum Gasteiger partial charge on any atom is 0.145 e. The van der Waals surface area contributed by atoms with Crippen LogP contribution in [0.25, 0.3) is 10.9 Å². The van der Waals surface area contributed by atoms with Gasteiger partial charge < -0.3 is 10.1 Å². The number of methoxy groups -OCH3 is 1. The molecule has 0 bridgehead atoms. The molecule has 0 spiro atoms. The number of ether oxygens (including phenoxy) is 1. The third-order valence-electron chi connectivity index (χ3n) is 3.21. The average Bonchev–Trinajstić information content (AvgIpc) is 2.38. The fourth-order valence-electron chi connectivity index (χ4n) is 2.39. The molecule has 0 aliphatic rings. The number of aryl methyl sites for hydroxylation is 1.